The zero-order chi connectivity index (χ0) is 6.65. The van der Waals surface area contributed by atoms with Crippen molar-refractivity contribution in [3.05, 3.63) is 0 Å². The minimum Gasteiger partial charge on any atom is -0.0651 e. The zero-order valence-electron chi connectivity index (χ0n) is 6.65. The van der Waals surface area contributed by atoms with Crippen LogP contribution in [0.4, 0.5) is 0 Å². The molecule has 3 unspecified atom stereocenters. The van der Waals surface area contributed by atoms with E-state index in [-0.39, 0.29) is 0 Å². The summed E-state index contributed by atoms with van der Waals surface area (Å²) in [6.07, 6.45) is 2.99. The molecule has 2 fully saturated rings. The quantitative estimate of drug-likeness (QED) is 0.531. The lowest BCUT2D eigenvalue weighted by Gasteiger charge is -2.12. The molecule has 0 nitrogen and oxygen atoms in total. The molecule has 52 valence electrons. The van der Waals surface area contributed by atoms with Gasteiger partial charge in [-0.15, -0.1) is 0 Å². The van der Waals surface area contributed by atoms with Gasteiger partial charge >= 0.3 is 0 Å². The normalized spacial score (nSPS) is 53.3. The summed E-state index contributed by atoms with van der Waals surface area (Å²) < 4.78 is 0. The van der Waals surface area contributed by atoms with E-state index >= 15 is 0 Å². The van der Waals surface area contributed by atoms with Gasteiger partial charge in [0.15, 0.2) is 0 Å². The predicted molar refractivity (Wildman–Crippen MR) is 39.2 cm³/mol. The molecule has 0 N–H and O–H groups in total. The molecule has 0 bridgehead atoms. The number of rotatable bonds is 2. The number of hydrogen-bond acceptors (Lipinski definition) is 0. The van der Waals surface area contributed by atoms with E-state index in [9.17, 15) is 0 Å². The first kappa shape index (κ1) is 5.76. The monoisotopic (exact) mass is 124 g/mol. The second-order valence-corrected chi connectivity index (χ2v) is 4.09. The van der Waals surface area contributed by atoms with Gasteiger partial charge < -0.3 is 0 Å². The van der Waals surface area contributed by atoms with Crippen LogP contribution < -0.4 is 0 Å². The van der Waals surface area contributed by atoms with Crippen molar-refractivity contribution in [2.75, 3.05) is 0 Å². The maximum absolute atomic E-state index is 2.38. The molecule has 0 aromatic carbocycles. The number of fused-ring (bicyclic) bond motifs is 1. The topological polar surface area (TPSA) is 0 Å². The zero-order valence-corrected chi connectivity index (χ0v) is 6.65. The van der Waals surface area contributed by atoms with E-state index in [1.165, 1.54) is 12.3 Å². The largest absolute Gasteiger partial charge is 0.0651 e. The molecule has 9 heavy (non-hydrogen) atoms. The molecule has 3 atom stereocenters. The summed E-state index contributed by atoms with van der Waals surface area (Å²) in [4.78, 5) is 0. The highest BCUT2D eigenvalue weighted by Crippen LogP contribution is 2.84. The first-order valence-corrected chi connectivity index (χ1v) is 4.23. The Bertz CT molecular complexity index is 137. The molecule has 2 saturated carbocycles. The Labute approximate surface area is 57.6 Å². The highest BCUT2D eigenvalue weighted by Gasteiger charge is 2.77. The van der Waals surface area contributed by atoms with Gasteiger partial charge in [0.1, 0.15) is 0 Å². The SMILES string of the molecule is CCC1C2CC12C(C)C. The molecular weight excluding hydrogens is 108 g/mol. The van der Waals surface area contributed by atoms with Crippen molar-refractivity contribution in [1.82, 2.24) is 0 Å². The predicted octanol–water partition coefficient (Wildman–Crippen LogP) is 2.69. The summed E-state index contributed by atoms with van der Waals surface area (Å²) >= 11 is 0. The summed E-state index contributed by atoms with van der Waals surface area (Å²) in [6.45, 7) is 7.10. The van der Waals surface area contributed by atoms with Gasteiger partial charge in [-0.1, -0.05) is 27.2 Å². The van der Waals surface area contributed by atoms with E-state index < -0.39 is 0 Å². The lowest BCUT2D eigenvalue weighted by Crippen LogP contribution is -2.04. The van der Waals surface area contributed by atoms with Gasteiger partial charge in [-0.2, -0.15) is 0 Å². The van der Waals surface area contributed by atoms with Crippen molar-refractivity contribution in [2.45, 2.75) is 33.6 Å². The van der Waals surface area contributed by atoms with Gasteiger partial charge in [0, 0.05) is 0 Å². The first-order valence-electron chi connectivity index (χ1n) is 4.23. The molecule has 0 aromatic heterocycles. The van der Waals surface area contributed by atoms with Crippen LogP contribution in [-0.2, 0) is 0 Å². The molecule has 0 radical (unpaired) electrons. The third-order valence-corrected chi connectivity index (χ3v) is 3.69. The van der Waals surface area contributed by atoms with Crippen LogP contribution >= 0.6 is 0 Å². The van der Waals surface area contributed by atoms with Crippen molar-refractivity contribution in [2.24, 2.45) is 23.2 Å². The van der Waals surface area contributed by atoms with Crippen LogP contribution in [0.15, 0.2) is 0 Å². The Balaban J connectivity index is 2.00. The molecule has 0 aromatic rings. The standard InChI is InChI=1S/C9H16/c1-4-7-8-5-9(7,8)6(2)3/h6-8H,4-5H2,1-3H3. The molecule has 0 amide bonds. The Kier molecular flexibility index (Phi) is 0.868. The Morgan fingerprint density at radius 3 is 2.33 bits per heavy atom. The molecule has 2 aliphatic carbocycles. The summed E-state index contributed by atoms with van der Waals surface area (Å²) in [6, 6.07) is 0. The van der Waals surface area contributed by atoms with Gasteiger partial charge in [0.05, 0.1) is 0 Å². The maximum atomic E-state index is 2.38. The summed E-state index contributed by atoms with van der Waals surface area (Å²) in [5, 5.41) is 0. The molecule has 0 saturated heterocycles. The van der Waals surface area contributed by atoms with Crippen LogP contribution in [-0.4, -0.2) is 0 Å². The van der Waals surface area contributed by atoms with Gasteiger partial charge in [-0.3, -0.25) is 0 Å². The van der Waals surface area contributed by atoms with Gasteiger partial charge in [-0.25, -0.2) is 0 Å². The smallest absolute Gasteiger partial charge is 0.0209 e. The van der Waals surface area contributed by atoms with E-state index in [1.807, 2.05) is 0 Å². The van der Waals surface area contributed by atoms with Crippen LogP contribution in [0, 0.1) is 23.2 Å². The Hall–Kier alpha value is 0. The van der Waals surface area contributed by atoms with Crippen molar-refractivity contribution >= 4 is 0 Å². The number of hydrogen-bond donors (Lipinski definition) is 0. The summed E-state index contributed by atoms with van der Waals surface area (Å²) in [5.41, 5.74) is 0.884. The van der Waals surface area contributed by atoms with Crippen LogP contribution in [0.1, 0.15) is 33.6 Å². The minimum atomic E-state index is 0.884. The van der Waals surface area contributed by atoms with E-state index in [0.717, 1.165) is 17.3 Å². The highest BCUT2D eigenvalue weighted by atomic mass is 14.8. The average Bonchev–Trinajstić information content (AvgIpc) is 2.47. The molecule has 2 aliphatic rings. The van der Waals surface area contributed by atoms with Crippen LogP contribution in [0.5, 0.6) is 0 Å². The fourth-order valence-corrected chi connectivity index (χ4v) is 2.84. The Morgan fingerprint density at radius 1 is 1.56 bits per heavy atom. The maximum Gasteiger partial charge on any atom is -0.0209 e. The molecule has 2 rings (SSSR count). The van der Waals surface area contributed by atoms with Crippen molar-refractivity contribution < 1.29 is 0 Å². The van der Waals surface area contributed by atoms with Crippen LogP contribution in [0.3, 0.4) is 0 Å². The minimum absolute atomic E-state index is 0.884. The van der Waals surface area contributed by atoms with Gasteiger partial charge in [-0.05, 0) is 29.6 Å². The third kappa shape index (κ3) is 0.461. The van der Waals surface area contributed by atoms with Crippen LogP contribution in [0.25, 0.3) is 0 Å². The second-order valence-electron chi connectivity index (χ2n) is 4.09. The first-order chi connectivity index (χ1) is 4.23. The molecule has 0 spiro atoms. The average molecular weight is 124 g/mol. The van der Waals surface area contributed by atoms with E-state index in [1.54, 1.807) is 6.42 Å². The molecule has 0 heterocycles. The third-order valence-electron chi connectivity index (χ3n) is 3.69. The lowest BCUT2D eigenvalue weighted by atomic mass is 9.93. The summed E-state index contributed by atoms with van der Waals surface area (Å²) in [7, 11) is 0. The van der Waals surface area contributed by atoms with Crippen LogP contribution in [0.2, 0.25) is 0 Å². The Morgan fingerprint density at radius 2 is 2.22 bits per heavy atom. The van der Waals surface area contributed by atoms with Gasteiger partial charge in [0.2, 0.25) is 0 Å². The van der Waals surface area contributed by atoms with E-state index in [4.69, 9.17) is 0 Å². The van der Waals surface area contributed by atoms with E-state index in [2.05, 4.69) is 20.8 Å². The van der Waals surface area contributed by atoms with E-state index in [0.29, 0.717) is 0 Å². The lowest BCUT2D eigenvalue weighted by molar-refractivity contribution is 0.370. The van der Waals surface area contributed by atoms with Gasteiger partial charge in [0.25, 0.3) is 0 Å². The van der Waals surface area contributed by atoms with Crippen molar-refractivity contribution in [1.29, 1.82) is 0 Å². The molecular formula is C9H16. The highest BCUT2D eigenvalue weighted by molar-refractivity contribution is 5.25. The fraction of sp³-hybridized carbons (Fsp3) is 1.00. The molecule has 0 heteroatoms. The van der Waals surface area contributed by atoms with Crippen molar-refractivity contribution in [3.63, 3.8) is 0 Å². The summed E-state index contributed by atoms with van der Waals surface area (Å²) in [5.74, 6) is 3.27. The molecule has 0 aliphatic heterocycles. The van der Waals surface area contributed by atoms with Crippen molar-refractivity contribution in [3.8, 4) is 0 Å². The fourth-order valence-electron chi connectivity index (χ4n) is 2.84. The second kappa shape index (κ2) is 1.36.